The van der Waals surface area contributed by atoms with Gasteiger partial charge in [-0.3, -0.25) is 4.90 Å². The van der Waals surface area contributed by atoms with Gasteiger partial charge in [0, 0.05) is 43.9 Å². The Bertz CT molecular complexity index is 1030. The van der Waals surface area contributed by atoms with E-state index < -0.39 is 41.6 Å². The van der Waals surface area contributed by atoms with Crippen molar-refractivity contribution in [1.82, 2.24) is 19.9 Å². The van der Waals surface area contributed by atoms with E-state index in [2.05, 4.69) is 19.9 Å². The van der Waals surface area contributed by atoms with Gasteiger partial charge in [0.2, 0.25) is 11.9 Å². The fourth-order valence-electron chi connectivity index (χ4n) is 3.73. The van der Waals surface area contributed by atoms with Crippen LogP contribution in [0.15, 0.2) is 12.3 Å². The fraction of sp³-hybridized carbons (Fsp3) is 0.526. The first-order valence-electron chi connectivity index (χ1n) is 10.2. The minimum Gasteiger partial charge on any atom is -0.444 e. The highest BCUT2D eigenvalue weighted by Crippen LogP contribution is 2.37. The van der Waals surface area contributed by atoms with Gasteiger partial charge in [0.1, 0.15) is 11.9 Å². The fourth-order valence-corrected chi connectivity index (χ4v) is 3.73. The summed E-state index contributed by atoms with van der Waals surface area (Å²) in [7, 11) is 0. The number of cyclic esters (lactones) is 1. The maximum absolute atomic E-state index is 13.7. The Morgan fingerprint density at radius 2 is 1.97 bits per heavy atom. The van der Waals surface area contributed by atoms with Gasteiger partial charge >= 0.3 is 12.3 Å². The molecule has 2 atom stereocenters. The normalized spacial score (nSPS) is 21.4. The van der Waals surface area contributed by atoms with Crippen LogP contribution in [0, 0.1) is 0 Å². The van der Waals surface area contributed by atoms with Gasteiger partial charge in [-0.15, -0.1) is 0 Å². The molecule has 33 heavy (non-hydrogen) atoms. The van der Waals surface area contributed by atoms with Crippen molar-refractivity contribution < 1.29 is 32.5 Å². The van der Waals surface area contributed by atoms with Gasteiger partial charge < -0.3 is 25.2 Å². The van der Waals surface area contributed by atoms with Crippen molar-refractivity contribution >= 4 is 23.8 Å². The first kappa shape index (κ1) is 22.9. The van der Waals surface area contributed by atoms with Crippen molar-refractivity contribution in [2.24, 2.45) is 0 Å². The molecule has 0 spiro atoms. The summed E-state index contributed by atoms with van der Waals surface area (Å²) in [5.74, 6) is -0.344. The zero-order valence-corrected chi connectivity index (χ0v) is 17.6. The van der Waals surface area contributed by atoms with Crippen LogP contribution in [-0.4, -0.2) is 76.2 Å². The molecule has 0 unspecified atom stereocenters. The second-order valence-electron chi connectivity index (χ2n) is 7.54. The third kappa shape index (κ3) is 4.61. The van der Waals surface area contributed by atoms with Gasteiger partial charge in [-0.25, -0.2) is 19.7 Å². The van der Waals surface area contributed by atoms with Crippen LogP contribution in [0.5, 0.6) is 0 Å². The van der Waals surface area contributed by atoms with Crippen molar-refractivity contribution in [3.63, 3.8) is 0 Å². The molecule has 2 saturated heterocycles. The molecule has 3 N–H and O–H groups in total. The molecule has 0 aliphatic carbocycles. The number of aliphatic hydroxyl groups is 1. The summed E-state index contributed by atoms with van der Waals surface area (Å²) in [6.45, 7) is 3.13. The van der Waals surface area contributed by atoms with Gasteiger partial charge in [0.25, 0.3) is 0 Å². The third-order valence-corrected chi connectivity index (χ3v) is 5.40. The first-order chi connectivity index (χ1) is 15.7. The van der Waals surface area contributed by atoms with Gasteiger partial charge in [0.05, 0.1) is 24.9 Å². The Labute approximate surface area is 186 Å². The Morgan fingerprint density at radius 3 is 2.64 bits per heavy atom. The van der Waals surface area contributed by atoms with Crippen LogP contribution < -0.4 is 15.5 Å². The lowest BCUT2D eigenvalue weighted by molar-refractivity contribution is -0.140. The summed E-state index contributed by atoms with van der Waals surface area (Å²) in [4.78, 5) is 31.4. The molecule has 2 aromatic rings. The minimum atomic E-state index is -4.82. The Hall–Kier alpha value is -3.26. The predicted octanol–water partition coefficient (Wildman–Crippen LogP) is 1.47. The molecule has 4 rings (SSSR count). The summed E-state index contributed by atoms with van der Waals surface area (Å²) in [5, 5.41) is 9.24. The second-order valence-corrected chi connectivity index (χ2v) is 7.54. The van der Waals surface area contributed by atoms with E-state index >= 15 is 0 Å². The molecule has 2 aliphatic heterocycles. The van der Waals surface area contributed by atoms with Crippen LogP contribution in [0.25, 0.3) is 11.3 Å². The number of anilines is 3. The summed E-state index contributed by atoms with van der Waals surface area (Å²) in [6, 6.07) is 0.738. The maximum atomic E-state index is 13.7. The summed E-state index contributed by atoms with van der Waals surface area (Å²) in [5.41, 5.74) is 3.62. The van der Waals surface area contributed by atoms with Gasteiger partial charge in [-0.1, -0.05) is 0 Å². The predicted molar refractivity (Wildman–Crippen MR) is 109 cm³/mol. The molecule has 0 aromatic carbocycles. The number of nitrogens with two attached hydrogens (primary N) is 1. The zero-order chi connectivity index (χ0) is 23.8. The highest BCUT2D eigenvalue weighted by atomic mass is 19.4. The molecule has 1 amide bonds. The van der Waals surface area contributed by atoms with Crippen molar-refractivity contribution in [2.75, 3.05) is 48.4 Å². The van der Waals surface area contributed by atoms with Crippen LogP contribution in [0.3, 0.4) is 0 Å². The molecule has 0 saturated carbocycles. The molecule has 0 bridgehead atoms. The average molecular weight is 469 g/mol. The summed E-state index contributed by atoms with van der Waals surface area (Å²) >= 11 is 0. The second kappa shape index (κ2) is 8.94. The lowest BCUT2D eigenvalue weighted by Gasteiger charge is -2.28. The number of carbonyl (C=O) groups is 1. The number of ether oxygens (including phenoxy) is 2. The van der Waals surface area contributed by atoms with Crippen molar-refractivity contribution in [2.45, 2.75) is 31.7 Å². The number of carbonyl (C=O) groups excluding carboxylic acids is 1. The van der Waals surface area contributed by atoms with Crippen LogP contribution in [0.2, 0.25) is 0 Å². The highest BCUT2D eigenvalue weighted by molar-refractivity contribution is 5.90. The van der Waals surface area contributed by atoms with E-state index in [1.54, 1.807) is 11.8 Å². The number of hydrogen-bond donors (Lipinski definition) is 2. The number of hydrogen-bond acceptors (Lipinski definition) is 10. The number of amides is 1. The first-order valence-corrected chi connectivity index (χ1v) is 10.2. The molecule has 11 nitrogen and oxygen atoms in total. The van der Waals surface area contributed by atoms with Crippen LogP contribution >= 0.6 is 0 Å². The smallest absolute Gasteiger partial charge is 0.434 e. The van der Waals surface area contributed by atoms with Crippen molar-refractivity contribution in [3.8, 4) is 11.3 Å². The number of aliphatic hydroxyl groups excluding tert-OH is 1. The number of nitrogens with zero attached hydrogens (tertiary/aromatic N) is 6. The Morgan fingerprint density at radius 1 is 1.24 bits per heavy atom. The third-order valence-electron chi connectivity index (χ3n) is 5.40. The SMILES string of the molecule is C[C@H]1[C@@H](CCO)OC(=O)N1c1cc(-c2cnc(N)nc2C(F)(F)F)nc(N2CCOCC2)n1. The molecule has 2 aliphatic rings. The Kier molecular flexibility index (Phi) is 6.21. The molecular formula is C19H22F3N7O4. The van der Waals surface area contributed by atoms with E-state index in [1.165, 1.54) is 11.0 Å². The van der Waals surface area contributed by atoms with E-state index in [-0.39, 0.29) is 30.5 Å². The largest absolute Gasteiger partial charge is 0.444 e. The summed E-state index contributed by atoms with van der Waals surface area (Å²) < 4.78 is 51.8. The van der Waals surface area contributed by atoms with Crippen molar-refractivity contribution in [1.29, 1.82) is 0 Å². The number of halogens is 3. The average Bonchev–Trinajstić information content (AvgIpc) is 3.06. The molecule has 0 radical (unpaired) electrons. The lowest BCUT2D eigenvalue weighted by Crippen LogP contribution is -2.39. The maximum Gasteiger partial charge on any atom is 0.434 e. The molecular weight excluding hydrogens is 447 g/mol. The van der Waals surface area contributed by atoms with E-state index in [1.807, 2.05) is 0 Å². The lowest BCUT2D eigenvalue weighted by atomic mass is 10.1. The molecule has 178 valence electrons. The monoisotopic (exact) mass is 469 g/mol. The van der Waals surface area contributed by atoms with E-state index in [9.17, 15) is 23.1 Å². The molecule has 4 heterocycles. The van der Waals surface area contributed by atoms with Crippen LogP contribution in [0.4, 0.5) is 35.7 Å². The van der Waals surface area contributed by atoms with E-state index in [0.717, 1.165) is 6.20 Å². The number of nitrogen functional groups attached to an aromatic ring is 1. The van der Waals surface area contributed by atoms with E-state index in [4.69, 9.17) is 15.2 Å². The van der Waals surface area contributed by atoms with Crippen LogP contribution in [0.1, 0.15) is 19.0 Å². The van der Waals surface area contributed by atoms with Gasteiger partial charge in [-0.2, -0.15) is 18.2 Å². The number of rotatable bonds is 5. The highest BCUT2D eigenvalue weighted by Gasteiger charge is 2.41. The molecule has 2 aromatic heterocycles. The number of alkyl halides is 3. The minimum absolute atomic E-state index is 0.0596. The quantitative estimate of drug-likeness (QED) is 0.661. The van der Waals surface area contributed by atoms with Crippen molar-refractivity contribution in [3.05, 3.63) is 18.0 Å². The van der Waals surface area contributed by atoms with Gasteiger partial charge in [0.15, 0.2) is 5.69 Å². The standard InChI is InChI=1S/C19H22F3N7O4/c1-10-13(2-5-30)33-18(31)29(10)14-8-12(25-17(26-14)28-3-6-32-7-4-28)11-9-24-16(23)27-15(11)19(20,21)22/h8-10,13,30H,2-7H2,1H3,(H2,23,24,27)/t10-,13+/m0/s1. The van der Waals surface area contributed by atoms with Gasteiger partial charge in [-0.05, 0) is 6.92 Å². The number of morpholine rings is 1. The Balaban J connectivity index is 1.85. The number of aromatic nitrogens is 4. The molecule has 2 fully saturated rings. The zero-order valence-electron chi connectivity index (χ0n) is 17.6. The van der Waals surface area contributed by atoms with E-state index in [0.29, 0.717) is 26.3 Å². The molecule has 14 heteroatoms. The van der Waals surface area contributed by atoms with Crippen LogP contribution in [-0.2, 0) is 15.7 Å². The topological polar surface area (TPSA) is 140 Å². The summed E-state index contributed by atoms with van der Waals surface area (Å²) in [6.07, 6.45) is -4.98.